The fourth-order valence-corrected chi connectivity index (χ4v) is 1.53. The summed E-state index contributed by atoms with van der Waals surface area (Å²) in [6.07, 6.45) is 3.44. The summed E-state index contributed by atoms with van der Waals surface area (Å²) in [6, 6.07) is 9.16. The summed E-state index contributed by atoms with van der Waals surface area (Å²) in [4.78, 5) is 11.7. The number of ether oxygens (including phenoxy) is 1. The Balaban J connectivity index is 1.79. The first-order chi connectivity index (χ1) is 8.75. The van der Waals surface area contributed by atoms with E-state index in [-0.39, 0.29) is 18.6 Å². The van der Waals surface area contributed by atoms with Gasteiger partial charge in [-0.25, -0.2) is 0 Å². The molecule has 0 saturated carbocycles. The molecule has 0 saturated heterocycles. The van der Waals surface area contributed by atoms with Gasteiger partial charge < -0.3 is 10.1 Å². The lowest BCUT2D eigenvalue weighted by molar-refractivity contribution is -0.123. The molecule has 18 heavy (non-hydrogen) atoms. The normalized spacial score (nSPS) is 11.8. The van der Waals surface area contributed by atoms with E-state index >= 15 is 0 Å². The molecule has 2 N–H and O–H groups in total. The van der Waals surface area contributed by atoms with Gasteiger partial charge in [-0.1, -0.05) is 18.2 Å². The number of benzene rings is 1. The van der Waals surface area contributed by atoms with E-state index in [0.29, 0.717) is 5.75 Å². The number of aromatic amines is 1. The number of para-hydroxylation sites is 1. The number of hydrogen-bond donors (Lipinski definition) is 2. The summed E-state index contributed by atoms with van der Waals surface area (Å²) in [6.45, 7) is 1.90. The summed E-state index contributed by atoms with van der Waals surface area (Å²) in [5, 5.41) is 9.37. The number of carbonyl (C=O) groups excluding carboxylic acids is 1. The molecule has 1 amide bonds. The van der Waals surface area contributed by atoms with Crippen LogP contribution in [0.3, 0.4) is 0 Å². The summed E-state index contributed by atoms with van der Waals surface area (Å²) in [5.41, 5.74) is 0.933. The highest BCUT2D eigenvalue weighted by Gasteiger charge is 2.10. The van der Waals surface area contributed by atoms with Crippen molar-refractivity contribution in [2.24, 2.45) is 0 Å². The number of nitrogens with zero attached hydrogens (tertiary/aromatic N) is 1. The maximum atomic E-state index is 11.7. The zero-order valence-electron chi connectivity index (χ0n) is 10.1. The van der Waals surface area contributed by atoms with Crippen LogP contribution in [0.1, 0.15) is 18.5 Å². The molecule has 0 bridgehead atoms. The van der Waals surface area contributed by atoms with E-state index < -0.39 is 0 Å². The lowest BCUT2D eigenvalue weighted by atomic mass is 10.2. The average Bonchev–Trinajstić information content (AvgIpc) is 2.91. The molecule has 0 aliphatic rings. The van der Waals surface area contributed by atoms with Crippen molar-refractivity contribution in [3.63, 3.8) is 0 Å². The van der Waals surface area contributed by atoms with Crippen molar-refractivity contribution in [3.05, 3.63) is 48.3 Å². The Labute approximate surface area is 105 Å². The van der Waals surface area contributed by atoms with Gasteiger partial charge in [-0.15, -0.1) is 0 Å². The molecule has 1 atom stereocenters. The lowest BCUT2D eigenvalue weighted by Gasteiger charge is -2.12. The first kappa shape index (κ1) is 12.2. The molecule has 2 aromatic rings. The number of nitrogens with one attached hydrogen (secondary N) is 2. The molecule has 0 radical (unpaired) electrons. The van der Waals surface area contributed by atoms with Gasteiger partial charge in [0.1, 0.15) is 5.75 Å². The van der Waals surface area contributed by atoms with Gasteiger partial charge in [-0.05, 0) is 19.1 Å². The van der Waals surface area contributed by atoms with E-state index in [0.717, 1.165) is 5.56 Å². The van der Waals surface area contributed by atoms with Crippen LogP contribution >= 0.6 is 0 Å². The highest BCUT2D eigenvalue weighted by atomic mass is 16.5. The number of amides is 1. The number of rotatable bonds is 5. The number of H-pyrrole nitrogens is 1. The van der Waals surface area contributed by atoms with E-state index in [1.807, 2.05) is 37.3 Å². The van der Waals surface area contributed by atoms with Crippen molar-refractivity contribution in [1.29, 1.82) is 0 Å². The molecular formula is C13H15N3O2. The van der Waals surface area contributed by atoms with Crippen molar-refractivity contribution in [2.75, 3.05) is 6.61 Å². The van der Waals surface area contributed by atoms with E-state index in [9.17, 15) is 4.79 Å². The van der Waals surface area contributed by atoms with Crippen LogP contribution in [0, 0.1) is 0 Å². The third-order valence-electron chi connectivity index (χ3n) is 2.51. The number of carbonyl (C=O) groups is 1. The summed E-state index contributed by atoms with van der Waals surface area (Å²) in [5.74, 6) is 0.524. The summed E-state index contributed by atoms with van der Waals surface area (Å²) < 4.78 is 5.35. The molecule has 0 aliphatic carbocycles. The van der Waals surface area contributed by atoms with Crippen LogP contribution in [-0.2, 0) is 4.79 Å². The molecule has 0 aliphatic heterocycles. The SMILES string of the molecule is CC(NC(=O)COc1ccccc1)c1cn[nH]c1. The van der Waals surface area contributed by atoms with Gasteiger partial charge in [0.15, 0.2) is 6.61 Å². The monoisotopic (exact) mass is 245 g/mol. The van der Waals surface area contributed by atoms with Gasteiger partial charge in [0.2, 0.25) is 0 Å². The maximum Gasteiger partial charge on any atom is 0.258 e. The van der Waals surface area contributed by atoms with E-state index in [1.165, 1.54) is 0 Å². The van der Waals surface area contributed by atoms with E-state index in [4.69, 9.17) is 4.74 Å². The molecular weight excluding hydrogens is 230 g/mol. The Morgan fingerprint density at radius 3 is 2.89 bits per heavy atom. The van der Waals surface area contributed by atoms with Crippen LogP contribution in [0.15, 0.2) is 42.7 Å². The van der Waals surface area contributed by atoms with Gasteiger partial charge in [-0.2, -0.15) is 5.10 Å². The molecule has 0 spiro atoms. The second-order valence-electron chi connectivity index (χ2n) is 3.92. The fourth-order valence-electron chi connectivity index (χ4n) is 1.53. The molecule has 1 aromatic heterocycles. The van der Waals surface area contributed by atoms with Crippen molar-refractivity contribution in [2.45, 2.75) is 13.0 Å². The average molecular weight is 245 g/mol. The lowest BCUT2D eigenvalue weighted by Crippen LogP contribution is -2.31. The molecule has 1 aromatic carbocycles. The van der Waals surface area contributed by atoms with Gasteiger partial charge in [0.25, 0.3) is 5.91 Å². The van der Waals surface area contributed by atoms with Gasteiger partial charge in [0, 0.05) is 11.8 Å². The first-order valence-electron chi connectivity index (χ1n) is 5.71. The predicted molar refractivity (Wildman–Crippen MR) is 67.1 cm³/mol. The molecule has 94 valence electrons. The fraction of sp³-hybridized carbons (Fsp3) is 0.231. The molecule has 1 unspecified atom stereocenters. The Bertz CT molecular complexity index is 482. The molecule has 5 nitrogen and oxygen atoms in total. The van der Waals surface area contributed by atoms with Crippen LogP contribution in [0.25, 0.3) is 0 Å². The van der Waals surface area contributed by atoms with Gasteiger partial charge in [-0.3, -0.25) is 9.89 Å². The Kier molecular flexibility index (Phi) is 3.96. The summed E-state index contributed by atoms with van der Waals surface area (Å²) >= 11 is 0. The second kappa shape index (κ2) is 5.86. The zero-order valence-corrected chi connectivity index (χ0v) is 10.1. The highest BCUT2D eigenvalue weighted by Crippen LogP contribution is 2.10. The van der Waals surface area contributed by atoms with Crippen LogP contribution < -0.4 is 10.1 Å². The zero-order chi connectivity index (χ0) is 12.8. The van der Waals surface area contributed by atoms with Crippen molar-refractivity contribution < 1.29 is 9.53 Å². The van der Waals surface area contributed by atoms with Gasteiger partial charge >= 0.3 is 0 Å². The third-order valence-corrected chi connectivity index (χ3v) is 2.51. The first-order valence-corrected chi connectivity index (χ1v) is 5.71. The van der Waals surface area contributed by atoms with Crippen molar-refractivity contribution >= 4 is 5.91 Å². The van der Waals surface area contributed by atoms with Crippen LogP contribution in [0.5, 0.6) is 5.75 Å². The third kappa shape index (κ3) is 3.35. The minimum atomic E-state index is -0.160. The van der Waals surface area contributed by atoms with Crippen molar-refractivity contribution in [3.8, 4) is 5.75 Å². The van der Waals surface area contributed by atoms with Gasteiger partial charge in [0.05, 0.1) is 12.2 Å². The van der Waals surface area contributed by atoms with E-state index in [2.05, 4.69) is 15.5 Å². The number of hydrogen-bond acceptors (Lipinski definition) is 3. The predicted octanol–water partition coefficient (Wildman–Crippen LogP) is 1.67. The summed E-state index contributed by atoms with van der Waals surface area (Å²) in [7, 11) is 0. The minimum absolute atomic E-state index is 0.00616. The smallest absolute Gasteiger partial charge is 0.258 e. The Morgan fingerprint density at radius 2 is 2.22 bits per heavy atom. The topological polar surface area (TPSA) is 67.0 Å². The van der Waals surface area contributed by atoms with Crippen LogP contribution in [0.2, 0.25) is 0 Å². The molecule has 0 fully saturated rings. The second-order valence-corrected chi connectivity index (χ2v) is 3.92. The van der Waals surface area contributed by atoms with Crippen molar-refractivity contribution in [1.82, 2.24) is 15.5 Å². The Morgan fingerprint density at radius 1 is 1.44 bits per heavy atom. The standard InChI is InChI=1S/C13H15N3O2/c1-10(11-7-14-15-8-11)16-13(17)9-18-12-5-3-2-4-6-12/h2-8,10H,9H2,1H3,(H,14,15)(H,16,17). The highest BCUT2D eigenvalue weighted by molar-refractivity contribution is 5.77. The van der Waals surface area contributed by atoms with Crippen LogP contribution in [-0.4, -0.2) is 22.7 Å². The maximum absolute atomic E-state index is 11.7. The quantitative estimate of drug-likeness (QED) is 0.842. The van der Waals surface area contributed by atoms with Crippen LogP contribution in [0.4, 0.5) is 0 Å². The largest absolute Gasteiger partial charge is 0.484 e. The van der Waals surface area contributed by atoms with E-state index in [1.54, 1.807) is 12.4 Å². The minimum Gasteiger partial charge on any atom is -0.484 e. The number of aromatic nitrogens is 2. The Hall–Kier alpha value is -2.30. The molecule has 5 heteroatoms. The molecule has 1 heterocycles. The molecule has 2 rings (SSSR count).